The Morgan fingerprint density at radius 1 is 1.21 bits per heavy atom. The SMILES string of the molecule is COc1cc(N(C)CCN(C)C)c(NC(=O)CCCl)cc1Nc1ncc(C#N)c(-c2cn(C3CC3)c3ncccc23)n1. The number of carbonyl (C=O) groups excluding carboxylic acids is 1. The molecule has 1 aromatic carbocycles. The summed E-state index contributed by atoms with van der Waals surface area (Å²) in [6.07, 6.45) is 7.71. The van der Waals surface area contributed by atoms with E-state index in [9.17, 15) is 10.1 Å². The average molecular weight is 588 g/mol. The maximum absolute atomic E-state index is 12.6. The van der Waals surface area contributed by atoms with Crippen molar-refractivity contribution in [1.82, 2.24) is 24.4 Å². The van der Waals surface area contributed by atoms with Gasteiger partial charge in [0.15, 0.2) is 0 Å². The van der Waals surface area contributed by atoms with E-state index in [0.29, 0.717) is 34.4 Å². The van der Waals surface area contributed by atoms with Gasteiger partial charge in [-0.2, -0.15) is 5.26 Å². The van der Waals surface area contributed by atoms with Gasteiger partial charge in [-0.05, 0) is 45.1 Å². The van der Waals surface area contributed by atoms with E-state index in [-0.39, 0.29) is 24.2 Å². The molecule has 42 heavy (non-hydrogen) atoms. The first-order valence-corrected chi connectivity index (χ1v) is 14.3. The second kappa shape index (κ2) is 12.6. The Hall–Kier alpha value is -4.40. The molecule has 0 saturated heterocycles. The Balaban J connectivity index is 1.54. The van der Waals surface area contributed by atoms with Crippen LogP contribution in [0.5, 0.6) is 5.75 Å². The number of nitriles is 1. The number of nitrogens with zero attached hydrogens (tertiary/aromatic N) is 7. The molecule has 0 atom stereocenters. The zero-order chi connectivity index (χ0) is 29.8. The number of hydrogen-bond donors (Lipinski definition) is 2. The first-order chi connectivity index (χ1) is 20.3. The number of ether oxygens (including phenoxy) is 1. The molecule has 1 fully saturated rings. The number of amides is 1. The molecule has 5 rings (SSSR count). The maximum atomic E-state index is 12.6. The van der Waals surface area contributed by atoms with Crippen LogP contribution in [0, 0.1) is 11.3 Å². The minimum Gasteiger partial charge on any atom is -0.494 e. The van der Waals surface area contributed by atoms with Crippen molar-refractivity contribution < 1.29 is 9.53 Å². The molecule has 218 valence electrons. The molecule has 12 heteroatoms. The van der Waals surface area contributed by atoms with Crippen LogP contribution in [0.3, 0.4) is 0 Å². The molecule has 0 aliphatic heterocycles. The van der Waals surface area contributed by atoms with Crippen molar-refractivity contribution in [2.24, 2.45) is 0 Å². The van der Waals surface area contributed by atoms with Gasteiger partial charge in [-0.1, -0.05) is 0 Å². The first-order valence-electron chi connectivity index (χ1n) is 13.8. The Bertz CT molecular complexity index is 1640. The normalized spacial score (nSPS) is 12.8. The minimum absolute atomic E-state index is 0.183. The topological polar surface area (TPSA) is 124 Å². The average Bonchev–Trinajstić information content (AvgIpc) is 3.76. The van der Waals surface area contributed by atoms with Crippen LogP contribution in [0.25, 0.3) is 22.3 Å². The number of hydrogen-bond acceptors (Lipinski definition) is 9. The lowest BCUT2D eigenvalue weighted by molar-refractivity contribution is -0.115. The standard InChI is InChI=1S/C30H34ClN9O2/c1-38(2)12-13-39(3)25-15-26(42-4)24(14-23(25)35-27(41)9-10-31)36-30-34-17-19(16-32)28(37-30)22-18-40(20-7-8-20)29-21(22)6-5-11-33-29/h5-6,11,14-15,17-18,20H,7-10,12-13H2,1-4H3,(H,35,41)(H,34,36,37). The fourth-order valence-electron chi connectivity index (χ4n) is 4.77. The fourth-order valence-corrected chi connectivity index (χ4v) is 4.94. The second-order valence-electron chi connectivity index (χ2n) is 10.5. The number of rotatable bonds is 12. The number of alkyl halides is 1. The number of carbonyl (C=O) groups is 1. The molecular formula is C30H34ClN9O2. The number of halogens is 1. The summed E-state index contributed by atoms with van der Waals surface area (Å²) >= 11 is 5.83. The van der Waals surface area contributed by atoms with E-state index in [0.717, 1.165) is 48.2 Å². The van der Waals surface area contributed by atoms with Gasteiger partial charge in [-0.15, -0.1) is 11.6 Å². The third kappa shape index (κ3) is 6.25. The van der Waals surface area contributed by atoms with Crippen molar-refractivity contribution in [2.45, 2.75) is 25.3 Å². The van der Waals surface area contributed by atoms with Crippen LogP contribution in [0.15, 0.2) is 42.9 Å². The molecule has 2 N–H and O–H groups in total. The van der Waals surface area contributed by atoms with Gasteiger partial charge in [0, 0.05) is 67.9 Å². The van der Waals surface area contributed by atoms with Crippen LogP contribution in [0.1, 0.15) is 30.9 Å². The lowest BCUT2D eigenvalue weighted by Gasteiger charge is -2.26. The smallest absolute Gasteiger partial charge is 0.227 e. The van der Waals surface area contributed by atoms with Crippen molar-refractivity contribution in [3.8, 4) is 23.1 Å². The molecule has 1 aliphatic carbocycles. The molecule has 3 aromatic heterocycles. The number of likely N-dealkylation sites (N-methyl/N-ethyl adjacent to an activating group) is 2. The van der Waals surface area contributed by atoms with Gasteiger partial charge in [-0.25, -0.2) is 15.0 Å². The number of anilines is 4. The Labute approximate surface area is 250 Å². The zero-order valence-corrected chi connectivity index (χ0v) is 24.9. The van der Waals surface area contributed by atoms with Gasteiger partial charge in [-0.3, -0.25) is 4.79 Å². The predicted molar refractivity (Wildman–Crippen MR) is 166 cm³/mol. The Morgan fingerprint density at radius 2 is 2.02 bits per heavy atom. The molecule has 0 spiro atoms. The monoisotopic (exact) mass is 587 g/mol. The highest BCUT2D eigenvalue weighted by molar-refractivity contribution is 6.19. The summed E-state index contributed by atoms with van der Waals surface area (Å²) in [5.74, 6) is 0.847. The van der Waals surface area contributed by atoms with E-state index < -0.39 is 0 Å². The number of fused-ring (bicyclic) bond motifs is 1. The highest BCUT2D eigenvalue weighted by atomic mass is 35.5. The Kier molecular flexibility index (Phi) is 8.75. The summed E-state index contributed by atoms with van der Waals surface area (Å²) in [5, 5.41) is 17.1. The molecule has 1 aliphatic rings. The van der Waals surface area contributed by atoms with Gasteiger partial charge in [0.2, 0.25) is 11.9 Å². The van der Waals surface area contributed by atoms with Gasteiger partial charge < -0.3 is 29.7 Å². The second-order valence-corrected chi connectivity index (χ2v) is 10.9. The summed E-state index contributed by atoms with van der Waals surface area (Å²) in [6, 6.07) is 10.2. The number of methoxy groups -OCH3 is 1. The number of benzene rings is 1. The first kappa shape index (κ1) is 29.1. The third-order valence-electron chi connectivity index (χ3n) is 7.15. The van der Waals surface area contributed by atoms with E-state index in [4.69, 9.17) is 21.3 Å². The molecule has 1 amide bonds. The van der Waals surface area contributed by atoms with Crippen LogP contribution in [-0.4, -0.2) is 77.5 Å². The van der Waals surface area contributed by atoms with Gasteiger partial charge in [0.1, 0.15) is 17.5 Å². The Morgan fingerprint density at radius 3 is 2.71 bits per heavy atom. The summed E-state index contributed by atoms with van der Waals surface area (Å²) < 4.78 is 7.91. The lowest BCUT2D eigenvalue weighted by Crippen LogP contribution is -2.29. The summed E-state index contributed by atoms with van der Waals surface area (Å²) in [5.41, 5.74) is 4.53. The minimum atomic E-state index is -0.194. The number of nitrogens with one attached hydrogen (secondary N) is 2. The zero-order valence-electron chi connectivity index (χ0n) is 24.2. The quantitative estimate of drug-likeness (QED) is 0.220. The van der Waals surface area contributed by atoms with E-state index in [2.05, 4.69) is 41.0 Å². The van der Waals surface area contributed by atoms with Crippen LogP contribution >= 0.6 is 11.6 Å². The summed E-state index contributed by atoms with van der Waals surface area (Å²) in [4.78, 5) is 30.5. The van der Waals surface area contributed by atoms with Crippen LogP contribution in [0.2, 0.25) is 0 Å². The molecule has 4 aromatic rings. The van der Waals surface area contributed by atoms with E-state index >= 15 is 0 Å². The van der Waals surface area contributed by atoms with E-state index in [1.807, 2.05) is 45.5 Å². The predicted octanol–water partition coefficient (Wildman–Crippen LogP) is 5.02. The molecule has 3 heterocycles. The molecule has 0 radical (unpaired) electrons. The molecule has 11 nitrogen and oxygen atoms in total. The highest BCUT2D eigenvalue weighted by Crippen LogP contribution is 2.42. The molecule has 0 bridgehead atoms. The van der Waals surface area contributed by atoms with Gasteiger partial charge in [0.25, 0.3) is 0 Å². The van der Waals surface area contributed by atoms with Gasteiger partial charge in [0.05, 0.1) is 41.6 Å². The molecule has 1 saturated carbocycles. The third-order valence-corrected chi connectivity index (χ3v) is 7.34. The van der Waals surface area contributed by atoms with E-state index in [1.54, 1.807) is 19.4 Å². The number of pyridine rings is 1. The van der Waals surface area contributed by atoms with Gasteiger partial charge >= 0.3 is 0 Å². The van der Waals surface area contributed by atoms with Crippen molar-refractivity contribution in [2.75, 3.05) is 62.8 Å². The maximum Gasteiger partial charge on any atom is 0.227 e. The lowest BCUT2D eigenvalue weighted by atomic mass is 10.1. The largest absolute Gasteiger partial charge is 0.494 e. The number of aromatic nitrogens is 4. The van der Waals surface area contributed by atoms with E-state index in [1.165, 1.54) is 6.20 Å². The van der Waals surface area contributed by atoms with Crippen molar-refractivity contribution in [1.29, 1.82) is 5.26 Å². The van der Waals surface area contributed by atoms with Crippen molar-refractivity contribution >= 4 is 51.6 Å². The van der Waals surface area contributed by atoms with Crippen molar-refractivity contribution in [3.05, 3.63) is 48.4 Å². The van der Waals surface area contributed by atoms with Crippen LogP contribution < -0.4 is 20.3 Å². The molecule has 0 unspecified atom stereocenters. The summed E-state index contributed by atoms with van der Waals surface area (Å²) in [6.45, 7) is 1.55. The fraction of sp³-hybridized carbons (Fsp3) is 0.367. The summed E-state index contributed by atoms with van der Waals surface area (Å²) in [7, 11) is 7.57. The van der Waals surface area contributed by atoms with Crippen LogP contribution in [-0.2, 0) is 4.79 Å². The van der Waals surface area contributed by atoms with Crippen molar-refractivity contribution in [3.63, 3.8) is 0 Å². The van der Waals surface area contributed by atoms with Crippen LogP contribution in [0.4, 0.5) is 23.0 Å². The highest BCUT2D eigenvalue weighted by Gasteiger charge is 2.28. The molecular weight excluding hydrogens is 554 g/mol.